The molecule has 0 aromatic carbocycles. The van der Waals surface area contributed by atoms with Gasteiger partial charge < -0.3 is 10.6 Å². The number of nitrogens with two attached hydrogens (primary N) is 1. The molecule has 1 aliphatic heterocycles. The van der Waals surface area contributed by atoms with E-state index < -0.39 is 0 Å². The zero-order chi connectivity index (χ0) is 13.7. The first-order valence-electron chi connectivity index (χ1n) is 6.70. The number of hydrogen-bond donors (Lipinski definition) is 1. The summed E-state index contributed by atoms with van der Waals surface area (Å²) in [5.74, 6) is 0.432. The first kappa shape index (κ1) is 15.0. The van der Waals surface area contributed by atoms with E-state index in [2.05, 4.69) is 6.92 Å². The molecular weight excluding hydrogens is 230 g/mol. The van der Waals surface area contributed by atoms with E-state index in [0.717, 1.165) is 25.9 Å². The third-order valence-electron chi connectivity index (χ3n) is 3.56. The van der Waals surface area contributed by atoms with Gasteiger partial charge in [0.25, 0.3) is 0 Å². The second-order valence-electron chi connectivity index (χ2n) is 5.53. The van der Waals surface area contributed by atoms with Gasteiger partial charge in [-0.3, -0.25) is 14.5 Å². The van der Waals surface area contributed by atoms with Gasteiger partial charge in [0.2, 0.25) is 11.8 Å². The fourth-order valence-electron chi connectivity index (χ4n) is 2.15. The lowest BCUT2D eigenvalue weighted by molar-refractivity contribution is -0.134. The second kappa shape index (κ2) is 6.73. The van der Waals surface area contributed by atoms with E-state index in [4.69, 9.17) is 5.73 Å². The molecule has 1 saturated heterocycles. The average Bonchev–Trinajstić information content (AvgIpc) is 2.28. The van der Waals surface area contributed by atoms with Gasteiger partial charge in [0.15, 0.2) is 0 Å². The predicted octanol–water partition coefficient (Wildman–Crippen LogP) is 0.441. The molecule has 2 N–H and O–H groups in total. The largest absolute Gasteiger partial charge is 0.369 e. The van der Waals surface area contributed by atoms with Crippen molar-refractivity contribution in [2.24, 2.45) is 11.7 Å². The Balaban J connectivity index is 2.48. The molecule has 2 amide bonds. The zero-order valence-electron chi connectivity index (χ0n) is 11.7. The maximum Gasteiger partial charge on any atom is 0.236 e. The van der Waals surface area contributed by atoms with E-state index in [1.54, 1.807) is 0 Å². The van der Waals surface area contributed by atoms with Crippen LogP contribution in [0.5, 0.6) is 0 Å². The first-order valence-corrected chi connectivity index (χ1v) is 6.70. The van der Waals surface area contributed by atoms with Crippen LogP contribution in [0.3, 0.4) is 0 Å². The van der Waals surface area contributed by atoms with E-state index in [9.17, 15) is 9.59 Å². The Morgan fingerprint density at radius 1 is 1.28 bits per heavy atom. The number of carbonyl (C=O) groups excluding carboxylic acids is 2. The number of carbonyl (C=O) groups is 2. The Morgan fingerprint density at radius 3 is 2.28 bits per heavy atom. The average molecular weight is 255 g/mol. The van der Waals surface area contributed by atoms with Crippen LogP contribution >= 0.6 is 0 Å². The van der Waals surface area contributed by atoms with Gasteiger partial charge in [-0.25, -0.2) is 0 Å². The number of likely N-dealkylation sites (tertiary alicyclic amines) is 1. The van der Waals surface area contributed by atoms with Crippen LogP contribution in [0.1, 0.15) is 33.6 Å². The van der Waals surface area contributed by atoms with E-state index in [0.29, 0.717) is 5.92 Å². The Labute approximate surface area is 109 Å². The number of hydrogen-bond acceptors (Lipinski definition) is 3. The van der Waals surface area contributed by atoms with Crippen LogP contribution in [-0.2, 0) is 9.59 Å². The van der Waals surface area contributed by atoms with Crippen LogP contribution in [0, 0.1) is 5.92 Å². The molecule has 0 saturated carbocycles. The monoisotopic (exact) mass is 255 g/mol. The summed E-state index contributed by atoms with van der Waals surface area (Å²) in [7, 11) is 0. The zero-order valence-corrected chi connectivity index (χ0v) is 11.7. The van der Waals surface area contributed by atoms with Gasteiger partial charge in [0, 0.05) is 19.1 Å². The molecule has 0 unspecified atom stereocenters. The lowest BCUT2D eigenvalue weighted by Crippen LogP contribution is -2.47. The molecule has 1 rings (SSSR count). The summed E-state index contributed by atoms with van der Waals surface area (Å²) in [5.41, 5.74) is 5.20. The van der Waals surface area contributed by atoms with Gasteiger partial charge in [0.05, 0.1) is 13.1 Å². The minimum absolute atomic E-state index is 0.108. The summed E-state index contributed by atoms with van der Waals surface area (Å²) >= 11 is 0. The van der Waals surface area contributed by atoms with Crippen LogP contribution in [0.4, 0.5) is 0 Å². The molecule has 0 aliphatic carbocycles. The lowest BCUT2D eigenvalue weighted by atomic mass is 9.99. The quantitative estimate of drug-likeness (QED) is 0.775. The summed E-state index contributed by atoms with van der Waals surface area (Å²) in [6, 6.07) is 0.144. The molecule has 104 valence electrons. The van der Waals surface area contributed by atoms with Gasteiger partial charge in [-0.05, 0) is 32.6 Å². The molecule has 1 aliphatic rings. The minimum atomic E-state index is -0.385. The lowest BCUT2D eigenvalue weighted by Gasteiger charge is -2.33. The first-order chi connectivity index (χ1) is 8.40. The Kier molecular flexibility index (Phi) is 5.59. The van der Waals surface area contributed by atoms with Crippen LogP contribution in [0.15, 0.2) is 0 Å². The molecule has 0 aromatic heterocycles. The molecule has 1 fully saturated rings. The van der Waals surface area contributed by atoms with Crippen LogP contribution in [0.2, 0.25) is 0 Å². The van der Waals surface area contributed by atoms with Crippen molar-refractivity contribution in [1.82, 2.24) is 9.80 Å². The van der Waals surface area contributed by atoms with Gasteiger partial charge in [-0.15, -0.1) is 0 Å². The summed E-state index contributed by atoms with van der Waals surface area (Å²) in [4.78, 5) is 26.8. The van der Waals surface area contributed by atoms with E-state index in [1.165, 1.54) is 0 Å². The molecule has 0 aromatic rings. The smallest absolute Gasteiger partial charge is 0.236 e. The molecule has 18 heavy (non-hydrogen) atoms. The molecule has 0 bridgehead atoms. The number of amides is 2. The number of piperidine rings is 1. The molecule has 5 nitrogen and oxygen atoms in total. The van der Waals surface area contributed by atoms with E-state index >= 15 is 0 Å². The SMILES string of the molecule is CC1CCN(C(=O)CN(CC(N)=O)C(C)C)CC1. The molecule has 5 heteroatoms. The molecule has 0 spiro atoms. The fourth-order valence-corrected chi connectivity index (χ4v) is 2.15. The van der Waals surface area contributed by atoms with Crippen LogP contribution < -0.4 is 5.73 Å². The Bertz CT molecular complexity index is 297. The molecule has 1 heterocycles. The van der Waals surface area contributed by atoms with Crippen molar-refractivity contribution in [2.75, 3.05) is 26.2 Å². The number of primary amides is 1. The summed E-state index contributed by atoms with van der Waals surface area (Å²) in [6.45, 7) is 8.26. The summed E-state index contributed by atoms with van der Waals surface area (Å²) in [5, 5.41) is 0. The van der Waals surface area contributed by atoms with Gasteiger partial charge in [-0.1, -0.05) is 6.92 Å². The fraction of sp³-hybridized carbons (Fsp3) is 0.846. The Morgan fingerprint density at radius 2 is 1.83 bits per heavy atom. The number of rotatable bonds is 5. The van der Waals surface area contributed by atoms with Gasteiger partial charge >= 0.3 is 0 Å². The highest BCUT2D eigenvalue weighted by Crippen LogP contribution is 2.16. The second-order valence-corrected chi connectivity index (χ2v) is 5.53. The summed E-state index contributed by atoms with van der Waals surface area (Å²) in [6.07, 6.45) is 2.15. The highest BCUT2D eigenvalue weighted by Gasteiger charge is 2.23. The van der Waals surface area contributed by atoms with Crippen molar-refractivity contribution in [1.29, 1.82) is 0 Å². The normalized spacial score (nSPS) is 17.5. The maximum atomic E-state index is 12.1. The maximum absolute atomic E-state index is 12.1. The van der Waals surface area contributed by atoms with Crippen molar-refractivity contribution >= 4 is 11.8 Å². The number of nitrogens with zero attached hydrogens (tertiary/aromatic N) is 2. The van der Waals surface area contributed by atoms with E-state index in [-0.39, 0.29) is 30.9 Å². The van der Waals surface area contributed by atoms with Crippen molar-refractivity contribution < 1.29 is 9.59 Å². The topological polar surface area (TPSA) is 66.6 Å². The van der Waals surface area contributed by atoms with Crippen molar-refractivity contribution in [3.63, 3.8) is 0 Å². The standard InChI is InChI=1S/C13H25N3O2/c1-10(2)16(8-12(14)17)9-13(18)15-6-4-11(3)5-7-15/h10-11H,4-9H2,1-3H3,(H2,14,17). The van der Waals surface area contributed by atoms with Crippen LogP contribution in [0.25, 0.3) is 0 Å². The molecule has 0 radical (unpaired) electrons. The Hall–Kier alpha value is -1.10. The highest BCUT2D eigenvalue weighted by molar-refractivity contribution is 5.80. The van der Waals surface area contributed by atoms with Crippen molar-refractivity contribution in [3.05, 3.63) is 0 Å². The third kappa shape index (κ3) is 4.64. The molecule has 0 atom stereocenters. The summed E-state index contributed by atoms with van der Waals surface area (Å²) < 4.78 is 0. The molecular formula is C13H25N3O2. The van der Waals surface area contributed by atoms with Crippen LogP contribution in [-0.4, -0.2) is 53.8 Å². The van der Waals surface area contributed by atoms with Crippen molar-refractivity contribution in [3.8, 4) is 0 Å². The van der Waals surface area contributed by atoms with E-state index in [1.807, 2.05) is 23.6 Å². The third-order valence-corrected chi connectivity index (χ3v) is 3.56. The van der Waals surface area contributed by atoms with Gasteiger partial charge in [0.1, 0.15) is 0 Å². The van der Waals surface area contributed by atoms with Crippen molar-refractivity contribution in [2.45, 2.75) is 39.7 Å². The highest BCUT2D eigenvalue weighted by atomic mass is 16.2. The van der Waals surface area contributed by atoms with Gasteiger partial charge in [-0.2, -0.15) is 0 Å². The minimum Gasteiger partial charge on any atom is -0.369 e. The predicted molar refractivity (Wildman–Crippen MR) is 70.9 cm³/mol.